The summed E-state index contributed by atoms with van der Waals surface area (Å²) >= 11 is 0. The Labute approximate surface area is 119 Å². The van der Waals surface area contributed by atoms with Gasteiger partial charge in [-0.3, -0.25) is 0 Å². The van der Waals surface area contributed by atoms with Crippen LogP contribution >= 0.6 is 0 Å². The molecule has 0 spiro atoms. The van der Waals surface area contributed by atoms with Crippen molar-refractivity contribution in [3.63, 3.8) is 0 Å². The molecule has 1 saturated heterocycles. The Kier molecular flexibility index (Phi) is 4.59. The zero-order valence-corrected chi connectivity index (χ0v) is 12.6. The highest BCUT2D eigenvalue weighted by molar-refractivity contribution is 5.38. The van der Waals surface area contributed by atoms with Gasteiger partial charge < -0.3 is 20.1 Å². The predicted molar refractivity (Wildman–Crippen MR) is 77.2 cm³/mol. The topological polar surface area (TPSA) is 81.2 Å². The van der Waals surface area contributed by atoms with E-state index in [9.17, 15) is 0 Å². The Hall–Kier alpha value is -1.63. The molecule has 2 rings (SSSR count). The maximum absolute atomic E-state index is 5.57. The smallest absolute Gasteiger partial charge is 0.323 e. The fraction of sp³-hybridized carbons (Fsp3) is 0.769. The summed E-state index contributed by atoms with van der Waals surface area (Å²) in [5.74, 6) is 1.03. The standard InChI is InChI=1S/C13H23N5O2/c1-5-14-10-15-11(17-12(16-10)20-9(2)3)18-13(4)6-7-19-8-13/h9H,5-8H2,1-4H3,(H2,14,15,16,17,18). The molecular formula is C13H23N5O2. The second kappa shape index (κ2) is 6.21. The Morgan fingerprint density at radius 1 is 1.30 bits per heavy atom. The van der Waals surface area contributed by atoms with Crippen molar-refractivity contribution in [3.8, 4) is 6.01 Å². The maximum Gasteiger partial charge on any atom is 0.323 e. The highest BCUT2D eigenvalue weighted by atomic mass is 16.5. The lowest BCUT2D eigenvalue weighted by Crippen LogP contribution is -2.36. The van der Waals surface area contributed by atoms with Gasteiger partial charge in [0.25, 0.3) is 0 Å². The van der Waals surface area contributed by atoms with E-state index in [-0.39, 0.29) is 11.6 Å². The van der Waals surface area contributed by atoms with E-state index in [4.69, 9.17) is 9.47 Å². The predicted octanol–water partition coefficient (Wildman–Crippen LogP) is 1.68. The molecule has 1 fully saturated rings. The van der Waals surface area contributed by atoms with Crippen molar-refractivity contribution in [3.05, 3.63) is 0 Å². The summed E-state index contributed by atoms with van der Waals surface area (Å²) in [6.07, 6.45) is 0.945. The van der Waals surface area contributed by atoms with Crippen LogP contribution in [-0.2, 0) is 4.74 Å². The number of aromatic nitrogens is 3. The van der Waals surface area contributed by atoms with Gasteiger partial charge in [0, 0.05) is 13.2 Å². The lowest BCUT2D eigenvalue weighted by atomic mass is 10.0. The Morgan fingerprint density at radius 2 is 2.05 bits per heavy atom. The molecule has 0 aliphatic carbocycles. The number of ether oxygens (including phenoxy) is 2. The summed E-state index contributed by atoms with van der Waals surface area (Å²) in [6.45, 7) is 10.1. The fourth-order valence-electron chi connectivity index (χ4n) is 1.95. The number of nitrogens with zero attached hydrogens (tertiary/aromatic N) is 3. The summed E-state index contributed by atoms with van der Waals surface area (Å²) in [4.78, 5) is 12.9. The lowest BCUT2D eigenvalue weighted by molar-refractivity contribution is 0.185. The Balaban J connectivity index is 2.19. The van der Waals surface area contributed by atoms with Crippen molar-refractivity contribution in [2.45, 2.75) is 45.8 Å². The minimum Gasteiger partial charge on any atom is -0.461 e. The van der Waals surface area contributed by atoms with Crippen LogP contribution in [0.4, 0.5) is 11.9 Å². The van der Waals surface area contributed by atoms with Crippen LogP contribution in [0, 0.1) is 0 Å². The summed E-state index contributed by atoms with van der Waals surface area (Å²) in [6, 6.07) is 0.330. The normalized spacial score (nSPS) is 22.1. The third-order valence-electron chi connectivity index (χ3n) is 2.92. The molecule has 7 heteroatoms. The molecule has 20 heavy (non-hydrogen) atoms. The van der Waals surface area contributed by atoms with E-state index in [2.05, 4.69) is 32.5 Å². The van der Waals surface area contributed by atoms with Crippen LogP contribution in [0.15, 0.2) is 0 Å². The molecule has 0 radical (unpaired) electrons. The van der Waals surface area contributed by atoms with Gasteiger partial charge in [-0.25, -0.2) is 0 Å². The zero-order valence-electron chi connectivity index (χ0n) is 12.6. The van der Waals surface area contributed by atoms with Crippen LogP contribution in [-0.4, -0.2) is 46.4 Å². The third-order valence-corrected chi connectivity index (χ3v) is 2.92. The van der Waals surface area contributed by atoms with E-state index >= 15 is 0 Å². The molecule has 1 aliphatic heterocycles. The number of nitrogens with one attached hydrogen (secondary N) is 2. The number of hydrogen-bond donors (Lipinski definition) is 2. The minimum atomic E-state index is -0.139. The van der Waals surface area contributed by atoms with E-state index in [1.165, 1.54) is 0 Å². The monoisotopic (exact) mass is 281 g/mol. The molecule has 0 amide bonds. The highest BCUT2D eigenvalue weighted by Gasteiger charge is 2.30. The molecular weight excluding hydrogens is 258 g/mol. The van der Waals surface area contributed by atoms with Crippen molar-refractivity contribution in [1.29, 1.82) is 0 Å². The van der Waals surface area contributed by atoms with Crippen LogP contribution in [0.1, 0.15) is 34.1 Å². The van der Waals surface area contributed by atoms with Gasteiger partial charge in [0.15, 0.2) is 0 Å². The summed E-state index contributed by atoms with van der Waals surface area (Å²) in [7, 11) is 0. The first-order chi connectivity index (χ1) is 9.50. The first-order valence-corrected chi connectivity index (χ1v) is 7.03. The molecule has 1 atom stereocenters. The van der Waals surface area contributed by atoms with Crippen molar-refractivity contribution >= 4 is 11.9 Å². The van der Waals surface area contributed by atoms with Crippen LogP contribution < -0.4 is 15.4 Å². The van der Waals surface area contributed by atoms with Gasteiger partial charge in [-0.05, 0) is 34.1 Å². The van der Waals surface area contributed by atoms with Gasteiger partial charge in [-0.2, -0.15) is 15.0 Å². The van der Waals surface area contributed by atoms with E-state index < -0.39 is 0 Å². The molecule has 7 nitrogen and oxygen atoms in total. The molecule has 2 N–H and O–H groups in total. The quantitative estimate of drug-likeness (QED) is 0.821. The molecule has 0 bridgehead atoms. The van der Waals surface area contributed by atoms with Gasteiger partial charge >= 0.3 is 6.01 Å². The van der Waals surface area contributed by atoms with Crippen molar-refractivity contribution in [1.82, 2.24) is 15.0 Å². The van der Waals surface area contributed by atoms with E-state index in [1.807, 2.05) is 20.8 Å². The van der Waals surface area contributed by atoms with Crippen LogP contribution in [0.3, 0.4) is 0 Å². The van der Waals surface area contributed by atoms with Crippen LogP contribution in [0.5, 0.6) is 6.01 Å². The first kappa shape index (κ1) is 14.8. The van der Waals surface area contributed by atoms with Gasteiger partial charge in [-0.15, -0.1) is 0 Å². The number of hydrogen-bond acceptors (Lipinski definition) is 7. The minimum absolute atomic E-state index is 0.0186. The first-order valence-electron chi connectivity index (χ1n) is 7.03. The van der Waals surface area contributed by atoms with Gasteiger partial charge in [0.05, 0.1) is 18.2 Å². The van der Waals surface area contributed by atoms with Crippen LogP contribution in [0.25, 0.3) is 0 Å². The van der Waals surface area contributed by atoms with Gasteiger partial charge in [-0.1, -0.05) is 0 Å². The largest absolute Gasteiger partial charge is 0.461 e. The molecule has 1 aromatic rings. The number of anilines is 2. The maximum atomic E-state index is 5.57. The van der Waals surface area contributed by atoms with E-state index in [0.29, 0.717) is 24.5 Å². The second-order valence-corrected chi connectivity index (χ2v) is 5.45. The molecule has 0 saturated carbocycles. The highest BCUT2D eigenvalue weighted by Crippen LogP contribution is 2.23. The molecule has 2 heterocycles. The van der Waals surface area contributed by atoms with Crippen LogP contribution in [0.2, 0.25) is 0 Å². The SMILES string of the molecule is CCNc1nc(NC2(C)CCOC2)nc(OC(C)C)n1. The zero-order chi connectivity index (χ0) is 14.6. The third kappa shape index (κ3) is 3.93. The van der Waals surface area contributed by atoms with Gasteiger partial charge in [0.2, 0.25) is 11.9 Å². The molecule has 1 unspecified atom stereocenters. The molecule has 0 aromatic carbocycles. The average Bonchev–Trinajstić information content (AvgIpc) is 2.74. The van der Waals surface area contributed by atoms with Gasteiger partial charge in [0.1, 0.15) is 0 Å². The summed E-state index contributed by atoms with van der Waals surface area (Å²) < 4.78 is 11.0. The molecule has 112 valence electrons. The summed E-state index contributed by atoms with van der Waals surface area (Å²) in [5.41, 5.74) is -0.139. The lowest BCUT2D eigenvalue weighted by Gasteiger charge is -2.23. The van der Waals surface area contributed by atoms with E-state index in [0.717, 1.165) is 19.6 Å². The number of rotatable bonds is 6. The summed E-state index contributed by atoms with van der Waals surface area (Å²) in [5, 5.41) is 6.41. The second-order valence-electron chi connectivity index (χ2n) is 5.45. The van der Waals surface area contributed by atoms with Crippen molar-refractivity contribution < 1.29 is 9.47 Å². The van der Waals surface area contributed by atoms with Crippen molar-refractivity contribution in [2.24, 2.45) is 0 Å². The Bertz CT molecular complexity index is 446. The molecule has 1 aliphatic rings. The molecule has 1 aromatic heterocycles. The fourth-order valence-corrected chi connectivity index (χ4v) is 1.95. The van der Waals surface area contributed by atoms with Crippen molar-refractivity contribution in [2.75, 3.05) is 30.4 Å². The van der Waals surface area contributed by atoms with E-state index in [1.54, 1.807) is 0 Å². The average molecular weight is 281 g/mol. The Morgan fingerprint density at radius 3 is 2.65 bits per heavy atom.